The summed E-state index contributed by atoms with van der Waals surface area (Å²) in [6, 6.07) is 10.6. The summed E-state index contributed by atoms with van der Waals surface area (Å²) in [5.74, 6) is 0. The van der Waals surface area contributed by atoms with Crippen LogP contribution in [0.2, 0.25) is 0 Å². The Kier molecular flexibility index (Phi) is 2.02. The van der Waals surface area contributed by atoms with Crippen LogP contribution in [0.1, 0.15) is 26.3 Å². The number of hydrogen-bond donors (Lipinski definition) is 1. The normalized spacial score (nSPS) is 12.4. The Morgan fingerprint density at radius 1 is 1.06 bits per heavy atom. The number of fused-ring (bicyclic) bond motifs is 3. The molecule has 0 saturated heterocycles. The Hall–Kier alpha value is -1.83. The summed E-state index contributed by atoms with van der Waals surface area (Å²) < 4.78 is 0. The molecule has 1 aromatic carbocycles. The molecule has 0 aliphatic carbocycles. The van der Waals surface area contributed by atoms with Gasteiger partial charge in [0.25, 0.3) is 0 Å². The molecule has 2 heterocycles. The number of pyridine rings is 1. The Labute approximate surface area is 101 Å². The van der Waals surface area contributed by atoms with E-state index in [0.717, 1.165) is 11.0 Å². The van der Waals surface area contributed by atoms with Crippen LogP contribution in [0.15, 0.2) is 36.5 Å². The van der Waals surface area contributed by atoms with Crippen molar-refractivity contribution in [3.63, 3.8) is 0 Å². The van der Waals surface area contributed by atoms with E-state index < -0.39 is 0 Å². The van der Waals surface area contributed by atoms with Crippen molar-refractivity contribution in [3.05, 3.63) is 42.1 Å². The fourth-order valence-corrected chi connectivity index (χ4v) is 2.19. The molecule has 2 nitrogen and oxygen atoms in total. The summed E-state index contributed by atoms with van der Waals surface area (Å²) >= 11 is 0. The number of aromatic nitrogens is 2. The average Bonchev–Trinajstić information content (AvgIpc) is 2.65. The van der Waals surface area contributed by atoms with E-state index >= 15 is 0 Å². The highest BCUT2D eigenvalue weighted by atomic mass is 14.8. The number of nitrogens with zero attached hydrogens (tertiary/aromatic N) is 1. The van der Waals surface area contributed by atoms with Gasteiger partial charge in [-0.25, -0.2) is 0 Å². The van der Waals surface area contributed by atoms with Crippen molar-refractivity contribution in [3.8, 4) is 0 Å². The Bertz CT molecular complexity index is 687. The lowest BCUT2D eigenvalue weighted by molar-refractivity contribution is 0.591. The molecule has 0 aliphatic rings. The average molecular weight is 224 g/mol. The minimum atomic E-state index is 0.179. The first kappa shape index (κ1) is 10.3. The predicted octanol–water partition coefficient (Wildman–Crippen LogP) is 4.01. The third kappa shape index (κ3) is 1.60. The second-order valence-corrected chi connectivity index (χ2v) is 5.53. The van der Waals surface area contributed by atoms with Crippen LogP contribution in [0.25, 0.3) is 21.9 Å². The lowest BCUT2D eigenvalue weighted by Crippen LogP contribution is -2.10. The molecular weight excluding hydrogens is 208 g/mol. The Morgan fingerprint density at radius 2 is 1.88 bits per heavy atom. The van der Waals surface area contributed by atoms with Crippen molar-refractivity contribution in [1.29, 1.82) is 0 Å². The summed E-state index contributed by atoms with van der Waals surface area (Å²) in [6.07, 6.45) is 1.84. The lowest BCUT2D eigenvalue weighted by atomic mass is 9.87. The Morgan fingerprint density at radius 3 is 2.65 bits per heavy atom. The minimum Gasteiger partial charge on any atom is -0.353 e. The third-order valence-corrected chi connectivity index (χ3v) is 3.22. The zero-order valence-corrected chi connectivity index (χ0v) is 10.4. The van der Waals surface area contributed by atoms with Crippen LogP contribution < -0.4 is 0 Å². The van der Waals surface area contributed by atoms with E-state index in [0.29, 0.717) is 0 Å². The highest BCUT2D eigenvalue weighted by Crippen LogP contribution is 2.29. The molecule has 86 valence electrons. The van der Waals surface area contributed by atoms with E-state index in [9.17, 15) is 0 Å². The first-order valence-corrected chi connectivity index (χ1v) is 5.93. The summed E-state index contributed by atoms with van der Waals surface area (Å²) in [5, 5.41) is 1.20. The van der Waals surface area contributed by atoms with E-state index in [1.807, 2.05) is 12.3 Å². The largest absolute Gasteiger partial charge is 0.353 e. The van der Waals surface area contributed by atoms with Crippen molar-refractivity contribution < 1.29 is 0 Å². The minimum absolute atomic E-state index is 0.179. The van der Waals surface area contributed by atoms with Crippen LogP contribution in [0.5, 0.6) is 0 Å². The SMILES string of the molecule is CC(C)(C)c1ccc2c(c1)[nH]c1cccnc12. The molecule has 0 aliphatic heterocycles. The molecule has 1 N–H and O–H groups in total. The fraction of sp³-hybridized carbons (Fsp3) is 0.267. The molecule has 2 heteroatoms. The molecule has 17 heavy (non-hydrogen) atoms. The maximum absolute atomic E-state index is 4.43. The van der Waals surface area contributed by atoms with E-state index in [-0.39, 0.29) is 5.41 Å². The molecule has 2 aromatic heterocycles. The van der Waals surface area contributed by atoms with Crippen molar-refractivity contribution in [1.82, 2.24) is 9.97 Å². The molecule has 0 spiro atoms. The van der Waals surface area contributed by atoms with Gasteiger partial charge in [0.15, 0.2) is 0 Å². The van der Waals surface area contributed by atoms with Gasteiger partial charge < -0.3 is 4.98 Å². The number of aromatic amines is 1. The zero-order valence-electron chi connectivity index (χ0n) is 10.4. The van der Waals surface area contributed by atoms with Gasteiger partial charge >= 0.3 is 0 Å². The van der Waals surface area contributed by atoms with E-state index in [4.69, 9.17) is 0 Å². The molecule has 3 rings (SSSR count). The topological polar surface area (TPSA) is 28.7 Å². The van der Waals surface area contributed by atoms with Crippen LogP contribution >= 0.6 is 0 Å². The summed E-state index contributed by atoms with van der Waals surface area (Å²) in [4.78, 5) is 7.86. The van der Waals surface area contributed by atoms with Gasteiger partial charge in [0.2, 0.25) is 0 Å². The van der Waals surface area contributed by atoms with Gasteiger partial charge in [0.1, 0.15) is 0 Å². The number of hydrogen-bond acceptors (Lipinski definition) is 1. The second-order valence-electron chi connectivity index (χ2n) is 5.53. The fourth-order valence-electron chi connectivity index (χ4n) is 2.19. The van der Waals surface area contributed by atoms with Gasteiger partial charge in [0, 0.05) is 17.1 Å². The Balaban J connectivity index is 2.34. The predicted molar refractivity (Wildman–Crippen MR) is 72.3 cm³/mol. The quantitative estimate of drug-likeness (QED) is 0.614. The zero-order chi connectivity index (χ0) is 12.0. The molecule has 0 bridgehead atoms. The molecule has 0 amide bonds. The summed E-state index contributed by atoms with van der Waals surface area (Å²) in [5.41, 5.74) is 4.86. The van der Waals surface area contributed by atoms with Crippen molar-refractivity contribution in [2.75, 3.05) is 0 Å². The molecular formula is C15H16N2. The van der Waals surface area contributed by atoms with Gasteiger partial charge in [-0.05, 0) is 29.2 Å². The highest BCUT2D eigenvalue weighted by Gasteiger charge is 2.15. The van der Waals surface area contributed by atoms with E-state index in [1.165, 1.54) is 16.5 Å². The maximum atomic E-state index is 4.43. The van der Waals surface area contributed by atoms with Gasteiger partial charge in [-0.2, -0.15) is 0 Å². The van der Waals surface area contributed by atoms with Crippen LogP contribution in [-0.4, -0.2) is 9.97 Å². The van der Waals surface area contributed by atoms with Crippen molar-refractivity contribution >= 4 is 21.9 Å². The molecule has 3 aromatic rings. The smallest absolute Gasteiger partial charge is 0.0957 e. The first-order chi connectivity index (χ1) is 8.05. The van der Waals surface area contributed by atoms with Crippen molar-refractivity contribution in [2.24, 2.45) is 0 Å². The number of H-pyrrole nitrogens is 1. The van der Waals surface area contributed by atoms with Crippen LogP contribution in [0.4, 0.5) is 0 Å². The van der Waals surface area contributed by atoms with E-state index in [2.05, 4.69) is 55.0 Å². The van der Waals surface area contributed by atoms with Crippen molar-refractivity contribution in [2.45, 2.75) is 26.2 Å². The summed E-state index contributed by atoms with van der Waals surface area (Å²) in [6.45, 7) is 6.69. The van der Waals surface area contributed by atoms with Gasteiger partial charge in [0.05, 0.1) is 11.0 Å². The first-order valence-electron chi connectivity index (χ1n) is 5.93. The van der Waals surface area contributed by atoms with Gasteiger partial charge in [-0.15, -0.1) is 0 Å². The highest BCUT2D eigenvalue weighted by molar-refractivity contribution is 6.04. The number of benzene rings is 1. The van der Waals surface area contributed by atoms with Crippen LogP contribution in [0, 0.1) is 0 Å². The third-order valence-electron chi connectivity index (χ3n) is 3.22. The summed E-state index contributed by atoms with van der Waals surface area (Å²) in [7, 11) is 0. The molecule has 0 saturated carbocycles. The second kappa shape index (κ2) is 3.33. The number of nitrogens with one attached hydrogen (secondary N) is 1. The molecule has 0 radical (unpaired) electrons. The maximum Gasteiger partial charge on any atom is 0.0957 e. The molecule has 0 atom stereocenters. The van der Waals surface area contributed by atoms with E-state index in [1.54, 1.807) is 0 Å². The lowest BCUT2D eigenvalue weighted by Gasteiger charge is -2.18. The number of rotatable bonds is 0. The van der Waals surface area contributed by atoms with Crippen LogP contribution in [-0.2, 0) is 5.41 Å². The standard InChI is InChI=1S/C15H16N2/c1-15(2,3)10-6-7-11-13(9-10)17-12-5-4-8-16-14(11)12/h4-9,17H,1-3H3. The van der Waals surface area contributed by atoms with Gasteiger partial charge in [-0.1, -0.05) is 32.9 Å². The molecule has 0 unspecified atom stereocenters. The molecule has 0 fully saturated rings. The monoisotopic (exact) mass is 224 g/mol. The van der Waals surface area contributed by atoms with Gasteiger partial charge in [-0.3, -0.25) is 4.98 Å². The van der Waals surface area contributed by atoms with Crippen LogP contribution in [0.3, 0.4) is 0 Å².